The Bertz CT molecular complexity index is 1640. The summed E-state index contributed by atoms with van der Waals surface area (Å²) in [6.07, 6.45) is 0.862. The summed E-state index contributed by atoms with van der Waals surface area (Å²) in [5.41, 5.74) is 4.74. The van der Waals surface area contributed by atoms with Gasteiger partial charge >= 0.3 is 0 Å². The van der Waals surface area contributed by atoms with Crippen LogP contribution in [0, 0.1) is 0 Å². The molecule has 230 valence electrons. The van der Waals surface area contributed by atoms with E-state index in [-0.39, 0.29) is 24.0 Å². The highest BCUT2D eigenvalue weighted by molar-refractivity contribution is 6.10. The van der Waals surface area contributed by atoms with Crippen LogP contribution in [-0.2, 0) is 9.59 Å². The first-order chi connectivity index (χ1) is 21.3. The zero-order chi connectivity index (χ0) is 31.4. The van der Waals surface area contributed by atoms with E-state index >= 15 is 0 Å². The van der Waals surface area contributed by atoms with Crippen LogP contribution in [0.2, 0.25) is 0 Å². The van der Waals surface area contributed by atoms with Gasteiger partial charge in [-0.3, -0.25) is 9.59 Å². The summed E-state index contributed by atoms with van der Waals surface area (Å²) < 4.78 is 27.8. The number of amides is 1. The molecule has 44 heavy (non-hydrogen) atoms. The van der Waals surface area contributed by atoms with Crippen molar-refractivity contribution in [1.29, 1.82) is 0 Å². The van der Waals surface area contributed by atoms with Crippen molar-refractivity contribution in [2.45, 2.75) is 38.5 Å². The lowest BCUT2D eigenvalue weighted by Crippen LogP contribution is -2.37. The molecule has 0 bridgehead atoms. The van der Waals surface area contributed by atoms with Gasteiger partial charge in [-0.1, -0.05) is 24.3 Å². The van der Waals surface area contributed by atoms with Gasteiger partial charge in [-0.15, -0.1) is 0 Å². The minimum atomic E-state index is -0.635. The number of benzene rings is 3. The van der Waals surface area contributed by atoms with Gasteiger partial charge in [0.2, 0.25) is 0 Å². The summed E-state index contributed by atoms with van der Waals surface area (Å²) in [5, 5.41) is 6.45. The monoisotopic (exact) mass is 598 g/mol. The van der Waals surface area contributed by atoms with E-state index < -0.39 is 5.92 Å². The zero-order valence-corrected chi connectivity index (χ0v) is 25.9. The Labute approximate surface area is 257 Å². The molecule has 0 saturated heterocycles. The van der Waals surface area contributed by atoms with E-state index in [9.17, 15) is 9.59 Å². The van der Waals surface area contributed by atoms with E-state index in [1.165, 1.54) is 0 Å². The third-order valence-electron chi connectivity index (χ3n) is 8.13. The SMILES string of the molecule is CCOc1ccc([C@H]2C(C(=O)Nc3ccccc3OC)=C(C)NC3=C2C(=O)C[C@H](c2ccc(OC)c(OC)c2)C3)cc1OC. The van der Waals surface area contributed by atoms with Gasteiger partial charge in [-0.2, -0.15) is 0 Å². The number of para-hydroxylation sites is 2. The van der Waals surface area contributed by atoms with Crippen molar-refractivity contribution in [1.82, 2.24) is 5.32 Å². The highest BCUT2D eigenvalue weighted by Crippen LogP contribution is 2.47. The first kappa shape index (κ1) is 30.5. The summed E-state index contributed by atoms with van der Waals surface area (Å²) in [6.45, 7) is 4.24. The molecule has 0 radical (unpaired) electrons. The molecule has 3 aromatic carbocycles. The minimum Gasteiger partial charge on any atom is -0.495 e. The number of methoxy groups -OCH3 is 4. The van der Waals surface area contributed by atoms with Crippen molar-refractivity contribution < 1.29 is 33.3 Å². The van der Waals surface area contributed by atoms with E-state index in [2.05, 4.69) is 10.6 Å². The third-order valence-corrected chi connectivity index (χ3v) is 8.13. The number of rotatable bonds is 10. The second kappa shape index (κ2) is 13.2. The largest absolute Gasteiger partial charge is 0.495 e. The number of dihydropyridines is 1. The van der Waals surface area contributed by atoms with E-state index in [0.717, 1.165) is 16.8 Å². The first-order valence-electron chi connectivity index (χ1n) is 14.5. The van der Waals surface area contributed by atoms with Crippen LogP contribution >= 0.6 is 0 Å². The highest BCUT2D eigenvalue weighted by atomic mass is 16.5. The average Bonchev–Trinajstić information content (AvgIpc) is 3.04. The van der Waals surface area contributed by atoms with Crippen molar-refractivity contribution in [3.05, 3.63) is 94.3 Å². The van der Waals surface area contributed by atoms with Gasteiger partial charge in [-0.25, -0.2) is 0 Å². The molecule has 2 N–H and O–H groups in total. The number of hydrogen-bond acceptors (Lipinski definition) is 8. The van der Waals surface area contributed by atoms with Crippen LogP contribution in [0.4, 0.5) is 5.69 Å². The molecule has 0 unspecified atom stereocenters. The molecule has 2 atom stereocenters. The van der Waals surface area contributed by atoms with Gasteiger partial charge in [0, 0.05) is 34.9 Å². The maximum absolute atomic E-state index is 14.1. The Balaban J connectivity index is 1.59. The number of nitrogens with one attached hydrogen (secondary N) is 2. The minimum absolute atomic E-state index is 0.0357. The molecule has 0 fully saturated rings. The molecule has 1 aliphatic carbocycles. The van der Waals surface area contributed by atoms with Gasteiger partial charge in [0.25, 0.3) is 5.91 Å². The van der Waals surface area contributed by atoms with Crippen LogP contribution in [0.5, 0.6) is 28.7 Å². The molecule has 3 aromatic rings. The Kier molecular flexibility index (Phi) is 9.13. The molecule has 0 saturated carbocycles. The number of Topliss-reactive ketones (excluding diaryl/α,β-unsaturated/α-hetero) is 1. The smallest absolute Gasteiger partial charge is 0.254 e. The van der Waals surface area contributed by atoms with E-state index in [0.29, 0.717) is 64.3 Å². The number of carbonyl (C=O) groups excluding carboxylic acids is 2. The Hall–Kier alpha value is -4.92. The molecule has 1 amide bonds. The highest BCUT2D eigenvalue weighted by Gasteiger charge is 2.41. The standard InChI is InChI=1S/C35H38N2O7/c1-7-44-29-15-13-22(19-31(29)43-6)33-32(35(39)37-24-10-8-9-11-27(24)40-3)20(2)36-25-16-23(17-26(38)34(25)33)21-12-14-28(41-4)30(18-21)42-5/h8-15,18-19,23,33,36H,7,16-17H2,1-6H3,(H,37,39)/t23-,33+/m1/s1. The van der Waals surface area contributed by atoms with Crippen LogP contribution in [0.25, 0.3) is 0 Å². The fourth-order valence-corrected chi connectivity index (χ4v) is 6.09. The lowest BCUT2D eigenvalue weighted by atomic mass is 9.71. The van der Waals surface area contributed by atoms with Crippen molar-refractivity contribution in [2.75, 3.05) is 40.4 Å². The summed E-state index contributed by atoms with van der Waals surface area (Å²) in [6, 6.07) is 18.5. The third kappa shape index (κ3) is 5.82. The topological polar surface area (TPSA) is 104 Å². The summed E-state index contributed by atoms with van der Waals surface area (Å²) in [7, 11) is 6.32. The predicted molar refractivity (Wildman–Crippen MR) is 168 cm³/mol. The fraction of sp³-hybridized carbons (Fsp3) is 0.314. The van der Waals surface area contributed by atoms with Crippen LogP contribution in [0.1, 0.15) is 49.7 Å². The normalized spacial score (nSPS) is 17.8. The quantitative estimate of drug-likeness (QED) is 0.288. The van der Waals surface area contributed by atoms with Crippen LogP contribution in [-0.4, -0.2) is 46.7 Å². The molecule has 1 heterocycles. The second-order valence-electron chi connectivity index (χ2n) is 10.6. The summed E-state index contributed by atoms with van der Waals surface area (Å²) in [4.78, 5) is 28.2. The van der Waals surface area contributed by atoms with Gasteiger partial charge in [0.05, 0.1) is 40.7 Å². The number of allylic oxidation sites excluding steroid dienone is 3. The first-order valence-corrected chi connectivity index (χ1v) is 14.5. The van der Waals surface area contributed by atoms with Crippen molar-refractivity contribution >= 4 is 17.4 Å². The maximum atomic E-state index is 14.1. The number of ether oxygens (including phenoxy) is 5. The Morgan fingerprint density at radius 2 is 1.45 bits per heavy atom. The molecule has 9 heteroatoms. The Morgan fingerprint density at radius 1 is 0.818 bits per heavy atom. The molecular formula is C35H38N2O7. The number of ketones is 1. The van der Waals surface area contributed by atoms with E-state index in [1.807, 2.05) is 62.4 Å². The lowest BCUT2D eigenvalue weighted by molar-refractivity contribution is -0.116. The second-order valence-corrected chi connectivity index (χ2v) is 10.6. The van der Waals surface area contributed by atoms with Gasteiger partial charge in [0.15, 0.2) is 28.8 Å². The van der Waals surface area contributed by atoms with Gasteiger partial charge in [0.1, 0.15) is 5.75 Å². The lowest BCUT2D eigenvalue weighted by Gasteiger charge is -2.37. The van der Waals surface area contributed by atoms with E-state index in [1.54, 1.807) is 40.6 Å². The van der Waals surface area contributed by atoms with Crippen LogP contribution in [0.3, 0.4) is 0 Å². The van der Waals surface area contributed by atoms with Crippen molar-refractivity contribution in [3.8, 4) is 28.7 Å². The van der Waals surface area contributed by atoms with Gasteiger partial charge < -0.3 is 34.3 Å². The molecular weight excluding hydrogens is 560 g/mol. The van der Waals surface area contributed by atoms with Crippen molar-refractivity contribution in [2.24, 2.45) is 0 Å². The molecule has 5 rings (SSSR count). The maximum Gasteiger partial charge on any atom is 0.254 e. The van der Waals surface area contributed by atoms with Crippen LogP contribution in [0.15, 0.2) is 83.2 Å². The summed E-state index contributed by atoms with van der Waals surface area (Å²) in [5.74, 6) is 1.80. The molecule has 9 nitrogen and oxygen atoms in total. The van der Waals surface area contributed by atoms with Crippen molar-refractivity contribution in [3.63, 3.8) is 0 Å². The number of carbonyl (C=O) groups is 2. The molecule has 2 aliphatic rings. The molecule has 0 aromatic heterocycles. The van der Waals surface area contributed by atoms with E-state index in [4.69, 9.17) is 23.7 Å². The molecule has 0 spiro atoms. The van der Waals surface area contributed by atoms with Gasteiger partial charge in [-0.05, 0) is 73.7 Å². The fourth-order valence-electron chi connectivity index (χ4n) is 6.09. The predicted octanol–water partition coefficient (Wildman–Crippen LogP) is 6.12. The average molecular weight is 599 g/mol. The number of anilines is 1. The zero-order valence-electron chi connectivity index (χ0n) is 25.9. The summed E-state index contributed by atoms with van der Waals surface area (Å²) >= 11 is 0. The molecule has 1 aliphatic heterocycles. The van der Waals surface area contributed by atoms with Crippen LogP contribution < -0.4 is 34.3 Å². The Morgan fingerprint density at radius 3 is 2.16 bits per heavy atom. The number of hydrogen-bond donors (Lipinski definition) is 2.